The zero-order chi connectivity index (χ0) is 19.3. The largest absolute Gasteiger partial charge is 0.421 e. The molecule has 2 rings (SSSR count). The van der Waals surface area contributed by atoms with Crippen LogP contribution >= 0.6 is 11.6 Å². The fourth-order valence-corrected chi connectivity index (χ4v) is 4.02. The Labute approximate surface area is 157 Å². The third-order valence-electron chi connectivity index (χ3n) is 3.71. The van der Waals surface area contributed by atoms with E-state index >= 15 is 0 Å². The van der Waals surface area contributed by atoms with Crippen LogP contribution in [0.4, 0.5) is 0 Å². The summed E-state index contributed by atoms with van der Waals surface area (Å²) in [5, 5.41) is 9.13. The van der Waals surface area contributed by atoms with Crippen LogP contribution in [0.3, 0.4) is 0 Å². The van der Waals surface area contributed by atoms with Gasteiger partial charge >= 0.3 is 5.97 Å². The maximum atomic E-state index is 12.6. The molecule has 0 spiro atoms. The molecule has 0 bridgehead atoms. The average molecular weight is 393 g/mol. The number of nitriles is 1. The molecule has 8 heteroatoms. The van der Waals surface area contributed by atoms with Crippen LogP contribution in [0.2, 0.25) is 5.02 Å². The van der Waals surface area contributed by atoms with Crippen LogP contribution in [-0.4, -0.2) is 31.8 Å². The third-order valence-corrected chi connectivity index (χ3v) is 6.09. The van der Waals surface area contributed by atoms with Crippen LogP contribution in [-0.2, 0) is 10.0 Å². The van der Waals surface area contributed by atoms with Crippen molar-refractivity contribution in [2.24, 2.45) is 0 Å². The minimum Gasteiger partial charge on any atom is -0.421 e. The molecule has 26 heavy (non-hydrogen) atoms. The van der Waals surface area contributed by atoms with E-state index in [-0.39, 0.29) is 26.8 Å². The summed E-state index contributed by atoms with van der Waals surface area (Å²) in [6.07, 6.45) is 0. The lowest BCUT2D eigenvalue weighted by atomic mass is 10.2. The highest BCUT2D eigenvalue weighted by atomic mass is 35.5. The first-order valence-electron chi connectivity index (χ1n) is 7.86. The summed E-state index contributed by atoms with van der Waals surface area (Å²) in [5.41, 5.74) is 0.0940. The zero-order valence-corrected chi connectivity index (χ0v) is 15.8. The molecule has 0 N–H and O–H groups in total. The summed E-state index contributed by atoms with van der Waals surface area (Å²) >= 11 is 6.05. The molecule has 0 saturated heterocycles. The maximum Gasteiger partial charge on any atom is 0.345 e. The number of para-hydroxylation sites is 1. The molecule has 0 aromatic heterocycles. The Kier molecular flexibility index (Phi) is 6.37. The topological polar surface area (TPSA) is 87.5 Å². The first-order chi connectivity index (χ1) is 12.3. The number of benzene rings is 2. The summed E-state index contributed by atoms with van der Waals surface area (Å²) in [4.78, 5) is 12.4. The monoisotopic (exact) mass is 392 g/mol. The van der Waals surface area contributed by atoms with Crippen molar-refractivity contribution >= 4 is 27.6 Å². The van der Waals surface area contributed by atoms with Gasteiger partial charge in [0.2, 0.25) is 10.0 Å². The van der Waals surface area contributed by atoms with E-state index in [0.717, 1.165) is 0 Å². The van der Waals surface area contributed by atoms with Crippen molar-refractivity contribution in [1.82, 2.24) is 4.31 Å². The number of carbonyl (C=O) groups is 1. The number of hydrogen-bond acceptors (Lipinski definition) is 5. The highest BCUT2D eigenvalue weighted by molar-refractivity contribution is 7.89. The van der Waals surface area contributed by atoms with Crippen LogP contribution in [0.5, 0.6) is 5.75 Å². The second kappa shape index (κ2) is 8.32. The van der Waals surface area contributed by atoms with Gasteiger partial charge in [0.15, 0.2) is 0 Å². The van der Waals surface area contributed by atoms with Gasteiger partial charge in [0.1, 0.15) is 11.8 Å². The van der Waals surface area contributed by atoms with Gasteiger partial charge in [0.25, 0.3) is 0 Å². The molecule has 0 heterocycles. The lowest BCUT2D eigenvalue weighted by Gasteiger charge is -2.19. The Morgan fingerprint density at radius 3 is 2.46 bits per heavy atom. The molecule has 136 valence electrons. The van der Waals surface area contributed by atoms with E-state index in [0.29, 0.717) is 13.1 Å². The van der Waals surface area contributed by atoms with E-state index in [1.165, 1.54) is 34.6 Å². The molecule has 0 fully saturated rings. The van der Waals surface area contributed by atoms with Crippen molar-refractivity contribution in [3.05, 3.63) is 58.6 Å². The molecule has 0 radical (unpaired) electrons. The molecular formula is C18H17ClN2O4S. The van der Waals surface area contributed by atoms with Gasteiger partial charge in [0, 0.05) is 13.1 Å². The zero-order valence-electron chi connectivity index (χ0n) is 14.3. The molecule has 2 aromatic rings. The van der Waals surface area contributed by atoms with Crippen molar-refractivity contribution < 1.29 is 17.9 Å². The Balaban J connectivity index is 2.41. The predicted molar refractivity (Wildman–Crippen MR) is 97.7 cm³/mol. The van der Waals surface area contributed by atoms with Crippen LogP contribution in [0.25, 0.3) is 0 Å². The van der Waals surface area contributed by atoms with Gasteiger partial charge < -0.3 is 4.74 Å². The number of halogens is 1. The van der Waals surface area contributed by atoms with Crippen LogP contribution in [0.1, 0.15) is 29.8 Å². The van der Waals surface area contributed by atoms with E-state index in [1.807, 2.05) is 6.07 Å². The summed E-state index contributed by atoms with van der Waals surface area (Å²) in [6.45, 7) is 4.06. The van der Waals surface area contributed by atoms with E-state index in [2.05, 4.69) is 0 Å². The molecule has 6 nitrogen and oxygen atoms in total. The number of esters is 1. The maximum absolute atomic E-state index is 12.6. The minimum absolute atomic E-state index is 0.0499. The first-order valence-corrected chi connectivity index (χ1v) is 9.68. The van der Waals surface area contributed by atoms with Crippen LogP contribution in [0, 0.1) is 11.3 Å². The molecule has 0 aliphatic rings. The van der Waals surface area contributed by atoms with Crippen molar-refractivity contribution in [2.75, 3.05) is 13.1 Å². The SMILES string of the molecule is CCN(CC)S(=O)(=O)c1ccc(Cl)c(C(=O)Oc2ccccc2C#N)c1. The molecule has 0 aliphatic carbocycles. The normalized spacial score (nSPS) is 11.2. The number of hydrogen-bond donors (Lipinski definition) is 0. The van der Waals surface area contributed by atoms with Crippen molar-refractivity contribution in [3.8, 4) is 11.8 Å². The van der Waals surface area contributed by atoms with E-state index < -0.39 is 16.0 Å². The number of ether oxygens (including phenoxy) is 1. The van der Waals surface area contributed by atoms with Gasteiger partial charge in [-0.25, -0.2) is 13.2 Å². The molecule has 0 saturated carbocycles. The van der Waals surface area contributed by atoms with Crippen molar-refractivity contribution in [2.45, 2.75) is 18.7 Å². The third kappa shape index (κ3) is 4.05. The number of rotatable bonds is 6. The molecule has 2 aromatic carbocycles. The molecule has 0 aliphatic heterocycles. The summed E-state index contributed by atoms with van der Waals surface area (Å²) in [7, 11) is -3.75. The van der Waals surface area contributed by atoms with Crippen LogP contribution < -0.4 is 4.74 Å². The Morgan fingerprint density at radius 1 is 1.19 bits per heavy atom. The van der Waals surface area contributed by atoms with Crippen LogP contribution in [0.15, 0.2) is 47.4 Å². The average Bonchev–Trinajstić information content (AvgIpc) is 2.63. The molecule has 0 amide bonds. The van der Waals surface area contributed by atoms with Gasteiger partial charge in [-0.05, 0) is 30.3 Å². The Hall–Kier alpha value is -2.40. The highest BCUT2D eigenvalue weighted by Crippen LogP contribution is 2.25. The summed E-state index contributed by atoms with van der Waals surface area (Å²) < 4.78 is 31.8. The van der Waals surface area contributed by atoms with Crippen molar-refractivity contribution in [3.63, 3.8) is 0 Å². The van der Waals surface area contributed by atoms with E-state index in [1.54, 1.807) is 26.0 Å². The fraction of sp³-hybridized carbons (Fsp3) is 0.222. The summed E-state index contributed by atoms with van der Waals surface area (Å²) in [6, 6.07) is 12.0. The van der Waals surface area contributed by atoms with Gasteiger partial charge in [0.05, 0.1) is 21.0 Å². The minimum atomic E-state index is -3.75. The fourth-order valence-electron chi connectivity index (χ4n) is 2.34. The molecule has 0 unspecified atom stereocenters. The van der Waals surface area contributed by atoms with E-state index in [9.17, 15) is 13.2 Å². The highest BCUT2D eigenvalue weighted by Gasteiger charge is 2.24. The van der Waals surface area contributed by atoms with Gasteiger partial charge in [-0.15, -0.1) is 0 Å². The van der Waals surface area contributed by atoms with Gasteiger partial charge in [-0.3, -0.25) is 0 Å². The Bertz CT molecular complexity index is 963. The number of sulfonamides is 1. The molecular weight excluding hydrogens is 376 g/mol. The second-order valence-electron chi connectivity index (χ2n) is 5.23. The summed E-state index contributed by atoms with van der Waals surface area (Å²) in [5.74, 6) is -0.762. The second-order valence-corrected chi connectivity index (χ2v) is 7.57. The molecule has 0 atom stereocenters. The lowest BCUT2D eigenvalue weighted by molar-refractivity contribution is 0.0734. The predicted octanol–water partition coefficient (Wildman–Crippen LogP) is 3.46. The number of nitrogens with zero attached hydrogens (tertiary/aromatic N) is 2. The number of carbonyl (C=O) groups excluding carboxylic acids is 1. The quantitative estimate of drug-likeness (QED) is 0.555. The standard InChI is InChI=1S/C18H17ClN2O4S/c1-3-21(4-2)26(23,24)14-9-10-16(19)15(11-14)18(22)25-17-8-6-5-7-13(17)12-20/h5-11H,3-4H2,1-2H3. The first kappa shape index (κ1) is 19.9. The van der Waals surface area contributed by atoms with Crippen molar-refractivity contribution in [1.29, 1.82) is 5.26 Å². The lowest BCUT2D eigenvalue weighted by Crippen LogP contribution is -2.30. The van der Waals surface area contributed by atoms with Gasteiger partial charge in [-0.1, -0.05) is 37.6 Å². The Morgan fingerprint density at radius 2 is 1.85 bits per heavy atom. The van der Waals surface area contributed by atoms with Gasteiger partial charge in [-0.2, -0.15) is 9.57 Å². The smallest absolute Gasteiger partial charge is 0.345 e. The van der Waals surface area contributed by atoms with E-state index in [4.69, 9.17) is 21.6 Å².